The van der Waals surface area contributed by atoms with Crippen molar-refractivity contribution in [1.29, 1.82) is 0 Å². The highest BCUT2D eigenvalue weighted by atomic mass is 16.5. The largest absolute Gasteiger partial charge is 0.361 e. The fourth-order valence-corrected chi connectivity index (χ4v) is 4.00. The van der Waals surface area contributed by atoms with Crippen LogP contribution in [-0.2, 0) is 0 Å². The van der Waals surface area contributed by atoms with Crippen molar-refractivity contribution in [2.75, 3.05) is 0 Å². The Kier molecular flexibility index (Phi) is 3.49. The molecule has 28 heavy (non-hydrogen) atoms. The molecule has 0 aliphatic heterocycles. The van der Waals surface area contributed by atoms with Crippen molar-refractivity contribution in [3.8, 4) is 22.3 Å². The van der Waals surface area contributed by atoms with Gasteiger partial charge in [-0.3, -0.25) is 4.98 Å². The molecule has 0 atom stereocenters. The monoisotopic (exact) mass is 370 g/mol. The Labute approximate surface area is 160 Å². The number of nitrogens with zero attached hydrogens (tertiary/aromatic N) is 2. The fourth-order valence-electron chi connectivity index (χ4n) is 4.00. The molecule has 0 amide bonds. The summed E-state index contributed by atoms with van der Waals surface area (Å²) in [7, 11) is 0. The van der Waals surface area contributed by atoms with Gasteiger partial charge in [-0.25, -0.2) is 4.79 Å². The Morgan fingerprint density at radius 1 is 1.00 bits per heavy atom. The second kappa shape index (κ2) is 5.92. The number of nitrogens with one attached hydrogen (secondary N) is 2. The summed E-state index contributed by atoms with van der Waals surface area (Å²) in [6.07, 6.45) is 1.79. The van der Waals surface area contributed by atoms with Gasteiger partial charge in [-0.05, 0) is 61.7 Å². The van der Waals surface area contributed by atoms with Crippen LogP contribution in [0.3, 0.4) is 0 Å². The minimum Gasteiger partial charge on any atom is -0.361 e. The Balaban J connectivity index is 1.93. The maximum Gasteiger partial charge on any atom is 0.323 e. The van der Waals surface area contributed by atoms with E-state index in [0.717, 1.165) is 61.2 Å². The molecule has 3 aromatic heterocycles. The van der Waals surface area contributed by atoms with Gasteiger partial charge in [0.1, 0.15) is 5.76 Å². The Hall–Kier alpha value is -3.67. The van der Waals surface area contributed by atoms with Gasteiger partial charge in [0.15, 0.2) is 0 Å². The third-order valence-electron chi connectivity index (χ3n) is 5.21. The molecule has 5 aromatic rings. The third kappa shape index (κ3) is 2.38. The summed E-state index contributed by atoms with van der Waals surface area (Å²) in [6.45, 7) is 5.88. The van der Waals surface area contributed by atoms with Crippen LogP contribution in [0.15, 0.2) is 51.9 Å². The molecule has 0 aliphatic rings. The number of hydrogen-bond donors (Lipinski definition) is 2. The van der Waals surface area contributed by atoms with Crippen LogP contribution in [0.4, 0.5) is 0 Å². The predicted octanol–water partition coefficient (Wildman–Crippen LogP) is 4.65. The number of hydrogen-bond acceptors (Lipinski definition) is 4. The van der Waals surface area contributed by atoms with Crippen molar-refractivity contribution in [3.63, 3.8) is 0 Å². The van der Waals surface area contributed by atoms with E-state index in [9.17, 15) is 4.79 Å². The summed E-state index contributed by atoms with van der Waals surface area (Å²) < 4.78 is 5.37. The van der Waals surface area contributed by atoms with E-state index in [1.807, 2.05) is 32.0 Å². The topological polar surface area (TPSA) is 87.6 Å². The number of imidazole rings is 1. The van der Waals surface area contributed by atoms with Crippen LogP contribution < -0.4 is 5.69 Å². The van der Waals surface area contributed by atoms with E-state index in [0.29, 0.717) is 0 Å². The van der Waals surface area contributed by atoms with Gasteiger partial charge >= 0.3 is 5.69 Å². The van der Waals surface area contributed by atoms with E-state index in [2.05, 4.69) is 45.2 Å². The molecule has 0 fully saturated rings. The molecule has 6 nitrogen and oxygen atoms in total. The first kappa shape index (κ1) is 16.5. The zero-order chi connectivity index (χ0) is 19.4. The summed E-state index contributed by atoms with van der Waals surface area (Å²) in [6, 6.07) is 12.1. The zero-order valence-corrected chi connectivity index (χ0v) is 15.8. The van der Waals surface area contributed by atoms with Crippen LogP contribution in [0.25, 0.3) is 44.2 Å². The first-order valence-electron chi connectivity index (χ1n) is 9.07. The van der Waals surface area contributed by atoms with Crippen molar-refractivity contribution >= 4 is 21.9 Å². The van der Waals surface area contributed by atoms with Crippen LogP contribution in [0.5, 0.6) is 0 Å². The van der Waals surface area contributed by atoms with Crippen molar-refractivity contribution < 1.29 is 4.52 Å². The molecule has 0 saturated heterocycles. The number of aromatic nitrogens is 4. The average Bonchev–Trinajstić information content (AvgIpc) is 3.22. The molecule has 3 heterocycles. The standard InChI is InChI=1S/C22H18N4O2/c1-11-6-7-17-15(5-4-8-23-17)19(11)16-9-14(20-12(2)26-28-13(20)3)10-18-21(16)25-22(27)24-18/h4-10H,1-3H3,(H2,24,25,27). The van der Waals surface area contributed by atoms with E-state index in [4.69, 9.17) is 4.52 Å². The molecule has 0 aliphatic carbocycles. The van der Waals surface area contributed by atoms with Crippen LogP contribution >= 0.6 is 0 Å². The molecule has 0 unspecified atom stereocenters. The number of aromatic amines is 2. The van der Waals surface area contributed by atoms with Gasteiger partial charge in [-0.2, -0.15) is 0 Å². The lowest BCUT2D eigenvalue weighted by Gasteiger charge is -2.13. The first-order chi connectivity index (χ1) is 13.5. The van der Waals surface area contributed by atoms with E-state index in [-0.39, 0.29) is 5.69 Å². The molecule has 2 aromatic carbocycles. The summed E-state index contributed by atoms with van der Waals surface area (Å²) in [5.74, 6) is 0.747. The molecule has 0 saturated carbocycles. The Bertz CT molecular complexity index is 1400. The lowest BCUT2D eigenvalue weighted by molar-refractivity contribution is 0.393. The highest BCUT2D eigenvalue weighted by Crippen LogP contribution is 2.38. The lowest BCUT2D eigenvalue weighted by atomic mass is 9.92. The van der Waals surface area contributed by atoms with Gasteiger partial charge in [0.05, 0.1) is 22.2 Å². The molecule has 0 bridgehead atoms. The first-order valence-corrected chi connectivity index (χ1v) is 9.07. The van der Waals surface area contributed by atoms with Gasteiger partial charge in [-0.1, -0.05) is 17.3 Å². The summed E-state index contributed by atoms with van der Waals surface area (Å²) >= 11 is 0. The molecule has 6 heteroatoms. The summed E-state index contributed by atoms with van der Waals surface area (Å²) in [4.78, 5) is 22.4. The third-order valence-corrected chi connectivity index (χ3v) is 5.21. The molecule has 138 valence electrons. The highest BCUT2D eigenvalue weighted by molar-refractivity contribution is 6.05. The Morgan fingerprint density at radius 3 is 2.64 bits per heavy atom. The van der Waals surface area contributed by atoms with E-state index >= 15 is 0 Å². The molecular weight excluding hydrogens is 352 g/mol. The molecule has 0 radical (unpaired) electrons. The summed E-state index contributed by atoms with van der Waals surface area (Å²) in [5, 5.41) is 5.13. The molecule has 2 N–H and O–H groups in total. The SMILES string of the molecule is Cc1ccc2ncccc2c1-c1cc(-c2c(C)noc2C)cc2[nH]c(=O)[nH]c12. The highest BCUT2D eigenvalue weighted by Gasteiger charge is 2.18. The normalized spacial score (nSPS) is 11.5. The predicted molar refractivity (Wildman–Crippen MR) is 109 cm³/mol. The van der Waals surface area contributed by atoms with Crippen molar-refractivity contribution in [2.45, 2.75) is 20.8 Å². The molecule has 0 spiro atoms. The van der Waals surface area contributed by atoms with Gasteiger partial charge in [0.25, 0.3) is 0 Å². The van der Waals surface area contributed by atoms with Gasteiger partial charge in [0, 0.05) is 22.7 Å². The van der Waals surface area contributed by atoms with Gasteiger partial charge in [-0.15, -0.1) is 0 Å². The number of aryl methyl sites for hydroxylation is 3. The van der Waals surface area contributed by atoms with Crippen molar-refractivity contribution in [3.05, 3.63) is 70.1 Å². The van der Waals surface area contributed by atoms with Crippen LogP contribution in [0.1, 0.15) is 17.0 Å². The quantitative estimate of drug-likeness (QED) is 0.473. The number of pyridine rings is 1. The van der Waals surface area contributed by atoms with E-state index in [1.165, 1.54) is 0 Å². The van der Waals surface area contributed by atoms with Crippen LogP contribution in [0, 0.1) is 20.8 Å². The van der Waals surface area contributed by atoms with Crippen molar-refractivity contribution in [2.24, 2.45) is 0 Å². The number of benzene rings is 2. The number of H-pyrrole nitrogens is 2. The minimum absolute atomic E-state index is 0.233. The van der Waals surface area contributed by atoms with Crippen LogP contribution in [-0.4, -0.2) is 20.1 Å². The fraction of sp³-hybridized carbons (Fsp3) is 0.136. The number of rotatable bonds is 2. The van der Waals surface area contributed by atoms with Crippen LogP contribution in [0.2, 0.25) is 0 Å². The van der Waals surface area contributed by atoms with E-state index < -0.39 is 0 Å². The van der Waals surface area contributed by atoms with Crippen molar-refractivity contribution in [1.82, 2.24) is 20.1 Å². The van der Waals surface area contributed by atoms with Gasteiger partial charge in [0.2, 0.25) is 0 Å². The summed E-state index contributed by atoms with van der Waals surface area (Å²) in [5.41, 5.74) is 8.03. The maximum absolute atomic E-state index is 12.1. The lowest BCUT2D eigenvalue weighted by Crippen LogP contribution is -1.99. The van der Waals surface area contributed by atoms with E-state index in [1.54, 1.807) is 6.20 Å². The smallest absolute Gasteiger partial charge is 0.323 e. The van der Waals surface area contributed by atoms with Gasteiger partial charge < -0.3 is 14.5 Å². The average molecular weight is 370 g/mol. The molecular formula is C22H18N4O2. The zero-order valence-electron chi connectivity index (χ0n) is 15.8. The maximum atomic E-state index is 12.1. The second-order valence-corrected chi connectivity index (χ2v) is 7.05. The molecule has 5 rings (SSSR count). The number of fused-ring (bicyclic) bond motifs is 2. The second-order valence-electron chi connectivity index (χ2n) is 7.05. The minimum atomic E-state index is -0.233. The Morgan fingerprint density at radius 2 is 1.86 bits per heavy atom.